The minimum Gasteiger partial charge on any atom is -0.438 e. The van der Waals surface area contributed by atoms with Gasteiger partial charge in [0.05, 0.1) is 13.2 Å². The number of hydrogen-bond donors (Lipinski definition) is 2. The van der Waals surface area contributed by atoms with E-state index in [1.165, 1.54) is 4.90 Å². The van der Waals surface area contributed by atoms with Gasteiger partial charge in [-0.25, -0.2) is 4.79 Å². The molecule has 0 aliphatic carbocycles. The quantitative estimate of drug-likeness (QED) is 0.585. The summed E-state index contributed by atoms with van der Waals surface area (Å²) in [5.41, 5.74) is 3.22. The van der Waals surface area contributed by atoms with Crippen molar-refractivity contribution in [1.29, 1.82) is 0 Å². The maximum absolute atomic E-state index is 13.1. The number of benzene rings is 2. The summed E-state index contributed by atoms with van der Waals surface area (Å²) in [6.45, 7) is 4.66. The van der Waals surface area contributed by atoms with Crippen LogP contribution in [0, 0.1) is 6.92 Å². The van der Waals surface area contributed by atoms with Gasteiger partial charge in [0.1, 0.15) is 0 Å². The summed E-state index contributed by atoms with van der Waals surface area (Å²) in [6.07, 6.45) is -1.03. The molecule has 1 fully saturated rings. The topological polar surface area (TPSA) is 97.0 Å². The van der Waals surface area contributed by atoms with E-state index >= 15 is 0 Å². The van der Waals surface area contributed by atoms with Crippen LogP contribution in [-0.2, 0) is 25.6 Å². The van der Waals surface area contributed by atoms with Crippen LogP contribution in [0.4, 0.5) is 10.5 Å². The molecule has 1 aliphatic heterocycles. The van der Waals surface area contributed by atoms with Gasteiger partial charge in [0.15, 0.2) is 12.1 Å². The molecule has 0 radical (unpaired) electrons. The Morgan fingerprint density at radius 2 is 1.91 bits per heavy atom. The standard InChI is InChI=1S/C24H29N3O5/c1-4-20(28)26-19-7-5-6-18(14-19)22-21(23(29)25-12-13-31-3)27(24(30)32-22)15-17-10-8-16(2)9-11-17/h5-11,14,21-22H,4,12-13,15H2,1-3H3,(H,25,29)(H,26,28)/t21-,22+/m0/s1. The average molecular weight is 440 g/mol. The number of carbonyl (C=O) groups excluding carboxylic acids is 3. The maximum Gasteiger partial charge on any atom is 0.411 e. The Morgan fingerprint density at radius 1 is 1.16 bits per heavy atom. The van der Waals surface area contributed by atoms with E-state index in [1.807, 2.05) is 31.2 Å². The van der Waals surface area contributed by atoms with E-state index in [0.29, 0.717) is 30.8 Å². The van der Waals surface area contributed by atoms with Gasteiger partial charge < -0.3 is 20.1 Å². The van der Waals surface area contributed by atoms with Gasteiger partial charge in [-0.05, 0) is 30.2 Å². The second-order valence-corrected chi connectivity index (χ2v) is 7.67. The molecule has 2 aromatic carbocycles. The highest BCUT2D eigenvalue weighted by molar-refractivity contribution is 5.91. The molecule has 2 aromatic rings. The molecular weight excluding hydrogens is 410 g/mol. The van der Waals surface area contributed by atoms with Crippen molar-refractivity contribution in [3.63, 3.8) is 0 Å². The number of carbonyl (C=O) groups is 3. The lowest BCUT2D eigenvalue weighted by atomic mass is 10.00. The molecule has 0 aromatic heterocycles. The fraction of sp³-hybridized carbons (Fsp3) is 0.375. The van der Waals surface area contributed by atoms with Gasteiger partial charge in [0.2, 0.25) is 11.8 Å². The Kier molecular flexibility index (Phi) is 7.83. The van der Waals surface area contributed by atoms with Crippen molar-refractivity contribution in [3.05, 3.63) is 65.2 Å². The number of nitrogens with one attached hydrogen (secondary N) is 2. The van der Waals surface area contributed by atoms with Gasteiger partial charge in [0.25, 0.3) is 0 Å². The summed E-state index contributed by atoms with van der Waals surface area (Å²) >= 11 is 0. The monoisotopic (exact) mass is 439 g/mol. The molecule has 0 unspecified atom stereocenters. The minimum absolute atomic E-state index is 0.125. The normalized spacial score (nSPS) is 17.7. The lowest BCUT2D eigenvalue weighted by Crippen LogP contribution is -2.47. The highest BCUT2D eigenvalue weighted by atomic mass is 16.6. The van der Waals surface area contributed by atoms with Crippen LogP contribution in [0.2, 0.25) is 0 Å². The van der Waals surface area contributed by atoms with Crippen molar-refractivity contribution >= 4 is 23.6 Å². The Morgan fingerprint density at radius 3 is 2.59 bits per heavy atom. The molecular formula is C24H29N3O5. The van der Waals surface area contributed by atoms with Crippen LogP contribution in [0.5, 0.6) is 0 Å². The number of aryl methyl sites for hydroxylation is 1. The summed E-state index contributed by atoms with van der Waals surface area (Å²) in [6, 6.07) is 13.9. The maximum atomic E-state index is 13.1. The largest absolute Gasteiger partial charge is 0.438 e. The molecule has 2 N–H and O–H groups in total. The van der Waals surface area contributed by atoms with Crippen LogP contribution >= 0.6 is 0 Å². The van der Waals surface area contributed by atoms with E-state index in [0.717, 1.165) is 11.1 Å². The SMILES string of the molecule is CCC(=O)Nc1cccc([C@H]2OC(=O)N(Cc3ccc(C)cc3)[C@@H]2C(=O)NCCOC)c1. The highest BCUT2D eigenvalue weighted by Gasteiger charge is 2.47. The second kappa shape index (κ2) is 10.8. The highest BCUT2D eigenvalue weighted by Crippen LogP contribution is 2.35. The van der Waals surface area contributed by atoms with Crippen LogP contribution in [0.3, 0.4) is 0 Å². The smallest absolute Gasteiger partial charge is 0.411 e. The van der Waals surface area contributed by atoms with E-state index in [9.17, 15) is 14.4 Å². The first-order chi connectivity index (χ1) is 15.4. The average Bonchev–Trinajstić information content (AvgIpc) is 3.11. The van der Waals surface area contributed by atoms with Gasteiger partial charge in [-0.15, -0.1) is 0 Å². The van der Waals surface area contributed by atoms with Gasteiger partial charge in [-0.1, -0.05) is 48.9 Å². The molecule has 0 saturated carbocycles. The first-order valence-electron chi connectivity index (χ1n) is 10.6. The van der Waals surface area contributed by atoms with E-state index in [2.05, 4.69) is 10.6 Å². The minimum atomic E-state index is -0.863. The van der Waals surface area contributed by atoms with Crippen molar-refractivity contribution in [2.75, 3.05) is 25.6 Å². The number of nitrogens with zero attached hydrogens (tertiary/aromatic N) is 1. The predicted octanol–water partition coefficient (Wildman–Crippen LogP) is 3.17. The predicted molar refractivity (Wildman–Crippen MR) is 120 cm³/mol. The van der Waals surface area contributed by atoms with Crippen LogP contribution in [0.1, 0.15) is 36.1 Å². The third kappa shape index (κ3) is 5.64. The molecule has 8 nitrogen and oxygen atoms in total. The number of ether oxygens (including phenoxy) is 2. The fourth-order valence-electron chi connectivity index (χ4n) is 3.52. The van der Waals surface area contributed by atoms with E-state index < -0.39 is 18.2 Å². The Balaban J connectivity index is 1.89. The molecule has 1 saturated heterocycles. The third-order valence-electron chi connectivity index (χ3n) is 5.25. The molecule has 1 aliphatic rings. The first-order valence-corrected chi connectivity index (χ1v) is 10.6. The zero-order valence-electron chi connectivity index (χ0n) is 18.6. The van der Waals surface area contributed by atoms with Crippen molar-refractivity contribution in [2.45, 2.75) is 39.0 Å². The van der Waals surface area contributed by atoms with Crippen LogP contribution in [0.25, 0.3) is 0 Å². The number of cyclic esters (lactones) is 1. The molecule has 3 amide bonds. The molecule has 1 heterocycles. The van der Waals surface area contributed by atoms with Crippen LogP contribution < -0.4 is 10.6 Å². The molecule has 3 rings (SSSR count). The number of amides is 3. The zero-order chi connectivity index (χ0) is 23.1. The molecule has 170 valence electrons. The Hall–Kier alpha value is -3.39. The van der Waals surface area contributed by atoms with Gasteiger partial charge >= 0.3 is 6.09 Å². The van der Waals surface area contributed by atoms with Crippen molar-refractivity contribution < 1.29 is 23.9 Å². The van der Waals surface area contributed by atoms with E-state index in [4.69, 9.17) is 9.47 Å². The number of methoxy groups -OCH3 is 1. The van der Waals surface area contributed by atoms with Gasteiger partial charge in [-0.2, -0.15) is 0 Å². The molecule has 2 atom stereocenters. The summed E-state index contributed by atoms with van der Waals surface area (Å²) < 4.78 is 10.7. The Labute approximate surface area is 187 Å². The third-order valence-corrected chi connectivity index (χ3v) is 5.25. The lowest BCUT2D eigenvalue weighted by molar-refractivity contribution is -0.126. The second-order valence-electron chi connectivity index (χ2n) is 7.67. The molecule has 8 heteroatoms. The first kappa shape index (κ1) is 23.3. The van der Waals surface area contributed by atoms with E-state index in [1.54, 1.807) is 38.3 Å². The van der Waals surface area contributed by atoms with E-state index in [-0.39, 0.29) is 18.4 Å². The van der Waals surface area contributed by atoms with Crippen molar-refractivity contribution in [1.82, 2.24) is 10.2 Å². The van der Waals surface area contributed by atoms with Crippen LogP contribution in [-0.4, -0.2) is 49.1 Å². The summed E-state index contributed by atoms with van der Waals surface area (Å²) in [5.74, 6) is -0.451. The summed E-state index contributed by atoms with van der Waals surface area (Å²) in [7, 11) is 1.55. The lowest BCUT2D eigenvalue weighted by Gasteiger charge is -2.24. The molecule has 32 heavy (non-hydrogen) atoms. The van der Waals surface area contributed by atoms with Crippen molar-refractivity contribution in [3.8, 4) is 0 Å². The molecule has 0 bridgehead atoms. The number of anilines is 1. The Bertz CT molecular complexity index is 960. The van der Waals surface area contributed by atoms with Crippen LogP contribution in [0.15, 0.2) is 48.5 Å². The van der Waals surface area contributed by atoms with Gasteiger partial charge in [-0.3, -0.25) is 14.5 Å². The summed E-state index contributed by atoms with van der Waals surface area (Å²) in [5, 5.41) is 5.62. The number of hydrogen-bond acceptors (Lipinski definition) is 5. The zero-order valence-corrected chi connectivity index (χ0v) is 18.6. The van der Waals surface area contributed by atoms with Gasteiger partial charge in [0, 0.05) is 25.8 Å². The van der Waals surface area contributed by atoms with Crippen molar-refractivity contribution in [2.24, 2.45) is 0 Å². The summed E-state index contributed by atoms with van der Waals surface area (Å²) in [4.78, 5) is 39.1. The fourth-order valence-corrected chi connectivity index (χ4v) is 3.52. The molecule has 0 spiro atoms. The number of rotatable bonds is 9.